The molecule has 2 N–H and O–H groups in total. The summed E-state index contributed by atoms with van der Waals surface area (Å²) in [5.74, 6) is 1.16. The van der Waals surface area contributed by atoms with Gasteiger partial charge in [0, 0.05) is 17.5 Å². The van der Waals surface area contributed by atoms with Gasteiger partial charge in [-0.1, -0.05) is 18.2 Å². The van der Waals surface area contributed by atoms with Crippen molar-refractivity contribution in [1.82, 2.24) is 10.6 Å². The molecule has 0 bridgehead atoms. The summed E-state index contributed by atoms with van der Waals surface area (Å²) in [4.78, 5) is 12.9. The second-order valence-corrected chi connectivity index (χ2v) is 7.60. The minimum absolute atomic E-state index is 0.341. The minimum atomic E-state index is -0.439. The molecule has 1 heterocycles. The van der Waals surface area contributed by atoms with Crippen LogP contribution in [-0.2, 0) is 4.74 Å². The number of carbonyl (C=O) groups is 1. The van der Waals surface area contributed by atoms with E-state index in [2.05, 4.69) is 34.9 Å². The van der Waals surface area contributed by atoms with Crippen LogP contribution in [0.3, 0.4) is 0 Å². The van der Waals surface area contributed by atoms with Crippen molar-refractivity contribution in [3.8, 4) is 0 Å². The zero-order valence-electron chi connectivity index (χ0n) is 13.6. The van der Waals surface area contributed by atoms with Crippen LogP contribution in [-0.4, -0.2) is 30.5 Å². The average molecular weight is 322 g/mol. The van der Waals surface area contributed by atoms with Gasteiger partial charge in [0.15, 0.2) is 0 Å². The van der Waals surface area contributed by atoms with E-state index in [0.717, 1.165) is 25.1 Å². The second kappa shape index (κ2) is 7.88. The molecule has 0 aromatic heterocycles. The van der Waals surface area contributed by atoms with Crippen molar-refractivity contribution in [2.24, 2.45) is 0 Å². The number of hydrogen-bond acceptors (Lipinski definition) is 4. The van der Waals surface area contributed by atoms with Gasteiger partial charge in [-0.2, -0.15) is 0 Å². The summed E-state index contributed by atoms with van der Waals surface area (Å²) in [5, 5.41) is 6.39. The van der Waals surface area contributed by atoms with Gasteiger partial charge in [-0.05, 0) is 57.5 Å². The molecule has 0 saturated heterocycles. The van der Waals surface area contributed by atoms with Crippen LogP contribution in [0.4, 0.5) is 4.79 Å². The van der Waals surface area contributed by atoms with Crippen molar-refractivity contribution in [2.75, 3.05) is 18.8 Å². The van der Waals surface area contributed by atoms with Crippen LogP contribution in [0.5, 0.6) is 0 Å². The molecule has 22 heavy (non-hydrogen) atoms. The predicted molar refractivity (Wildman–Crippen MR) is 91.4 cm³/mol. The first kappa shape index (κ1) is 17.2. The van der Waals surface area contributed by atoms with Crippen molar-refractivity contribution >= 4 is 17.9 Å². The van der Waals surface area contributed by atoms with Gasteiger partial charge in [0.2, 0.25) is 0 Å². The predicted octanol–water partition coefficient (Wildman–Crippen LogP) is 3.73. The highest BCUT2D eigenvalue weighted by Crippen LogP contribution is 2.35. The van der Waals surface area contributed by atoms with Gasteiger partial charge in [-0.3, -0.25) is 0 Å². The molecular weight excluding hydrogens is 296 g/mol. The van der Waals surface area contributed by atoms with E-state index in [1.54, 1.807) is 0 Å². The lowest BCUT2D eigenvalue weighted by atomic mass is 10.0. The number of hydrogen-bond donors (Lipinski definition) is 2. The van der Waals surface area contributed by atoms with Crippen LogP contribution >= 0.6 is 11.8 Å². The number of carbonyl (C=O) groups excluding carboxylic acids is 1. The Hall–Kier alpha value is -1.20. The number of alkyl carbamates (subject to hydrolysis) is 1. The lowest BCUT2D eigenvalue weighted by molar-refractivity contribution is 0.0527. The quantitative estimate of drug-likeness (QED) is 0.811. The lowest BCUT2D eigenvalue weighted by Gasteiger charge is -2.26. The van der Waals surface area contributed by atoms with Gasteiger partial charge in [-0.15, -0.1) is 11.8 Å². The zero-order valence-corrected chi connectivity index (χ0v) is 14.5. The molecule has 0 radical (unpaired) electrons. The molecule has 4 nitrogen and oxygen atoms in total. The standard InChI is InChI=1S/C17H26N2O2S/c1-17(2,3)21-16(20)19-11-6-10-18-14-9-12-22-15-8-5-4-7-13(14)15/h4-5,7-8,14,18H,6,9-12H2,1-3H3,(H,19,20). The Labute approximate surface area is 137 Å². The maximum atomic E-state index is 11.5. The molecule has 1 atom stereocenters. The Morgan fingerprint density at radius 3 is 2.86 bits per heavy atom. The highest BCUT2D eigenvalue weighted by molar-refractivity contribution is 7.99. The van der Waals surface area contributed by atoms with Crippen LogP contribution in [0.25, 0.3) is 0 Å². The summed E-state index contributed by atoms with van der Waals surface area (Å²) in [6, 6.07) is 9.03. The van der Waals surface area contributed by atoms with Crippen molar-refractivity contribution < 1.29 is 9.53 Å². The van der Waals surface area contributed by atoms with E-state index in [0.29, 0.717) is 12.6 Å². The van der Waals surface area contributed by atoms with Crippen LogP contribution in [0, 0.1) is 0 Å². The molecular formula is C17H26N2O2S. The molecule has 0 spiro atoms. The molecule has 1 aromatic carbocycles. The first-order chi connectivity index (χ1) is 10.5. The first-order valence-corrected chi connectivity index (χ1v) is 8.86. The molecule has 0 fully saturated rings. The fourth-order valence-electron chi connectivity index (χ4n) is 2.42. The molecule has 1 amide bonds. The molecule has 5 heteroatoms. The fraction of sp³-hybridized carbons (Fsp3) is 0.588. The smallest absolute Gasteiger partial charge is 0.407 e. The van der Waals surface area contributed by atoms with Crippen molar-refractivity contribution in [1.29, 1.82) is 0 Å². The van der Waals surface area contributed by atoms with Crippen LogP contribution in [0.2, 0.25) is 0 Å². The van der Waals surface area contributed by atoms with E-state index in [4.69, 9.17) is 4.74 Å². The Bertz CT molecular complexity index is 500. The van der Waals surface area contributed by atoms with Crippen LogP contribution < -0.4 is 10.6 Å². The number of rotatable bonds is 5. The van der Waals surface area contributed by atoms with Gasteiger partial charge in [0.1, 0.15) is 5.60 Å². The highest BCUT2D eigenvalue weighted by Gasteiger charge is 2.19. The Kier molecular flexibility index (Phi) is 6.15. The third kappa shape index (κ3) is 5.54. The van der Waals surface area contributed by atoms with Crippen molar-refractivity contribution in [2.45, 2.75) is 50.2 Å². The monoisotopic (exact) mass is 322 g/mol. The molecule has 2 rings (SSSR count). The number of fused-ring (bicyclic) bond motifs is 1. The summed E-state index contributed by atoms with van der Waals surface area (Å²) in [7, 11) is 0. The first-order valence-electron chi connectivity index (χ1n) is 7.88. The van der Waals surface area contributed by atoms with E-state index in [1.807, 2.05) is 32.5 Å². The summed E-state index contributed by atoms with van der Waals surface area (Å²) >= 11 is 1.93. The van der Waals surface area contributed by atoms with Crippen LogP contribution in [0.1, 0.15) is 45.2 Å². The Morgan fingerprint density at radius 1 is 1.32 bits per heavy atom. The number of ether oxygens (including phenoxy) is 1. The largest absolute Gasteiger partial charge is 0.444 e. The summed E-state index contributed by atoms with van der Waals surface area (Å²) in [6.45, 7) is 7.12. The highest BCUT2D eigenvalue weighted by atomic mass is 32.2. The average Bonchev–Trinajstić information content (AvgIpc) is 2.45. The molecule has 0 aliphatic carbocycles. The second-order valence-electron chi connectivity index (χ2n) is 6.46. The van der Waals surface area contributed by atoms with E-state index >= 15 is 0 Å². The van der Waals surface area contributed by atoms with Gasteiger partial charge in [0.05, 0.1) is 0 Å². The Morgan fingerprint density at radius 2 is 2.09 bits per heavy atom. The SMILES string of the molecule is CC(C)(C)OC(=O)NCCCNC1CCSc2ccccc21. The number of thioether (sulfide) groups is 1. The van der Waals surface area contributed by atoms with E-state index < -0.39 is 5.60 Å². The molecule has 1 unspecified atom stereocenters. The molecule has 1 aromatic rings. The molecule has 122 valence electrons. The van der Waals surface area contributed by atoms with Crippen LogP contribution in [0.15, 0.2) is 29.2 Å². The number of benzene rings is 1. The third-order valence-corrected chi connectivity index (χ3v) is 4.49. The lowest BCUT2D eigenvalue weighted by Crippen LogP contribution is -2.34. The molecule has 1 aliphatic heterocycles. The summed E-state index contributed by atoms with van der Waals surface area (Å²) in [6.07, 6.45) is 1.71. The van der Waals surface area contributed by atoms with Crippen molar-refractivity contribution in [3.63, 3.8) is 0 Å². The normalized spacial score (nSPS) is 17.7. The van der Waals surface area contributed by atoms with E-state index in [1.165, 1.54) is 10.5 Å². The van der Waals surface area contributed by atoms with Gasteiger partial charge in [-0.25, -0.2) is 4.79 Å². The summed E-state index contributed by atoms with van der Waals surface area (Å²) < 4.78 is 5.21. The third-order valence-electron chi connectivity index (χ3n) is 3.37. The van der Waals surface area contributed by atoms with Gasteiger partial charge in [0.25, 0.3) is 0 Å². The maximum absolute atomic E-state index is 11.5. The fourth-order valence-corrected chi connectivity index (χ4v) is 3.55. The summed E-state index contributed by atoms with van der Waals surface area (Å²) in [5.41, 5.74) is 0.963. The van der Waals surface area contributed by atoms with Gasteiger partial charge < -0.3 is 15.4 Å². The number of amides is 1. The van der Waals surface area contributed by atoms with Gasteiger partial charge >= 0.3 is 6.09 Å². The molecule has 0 saturated carbocycles. The van der Waals surface area contributed by atoms with E-state index in [-0.39, 0.29) is 6.09 Å². The zero-order chi connectivity index (χ0) is 16.0. The van der Waals surface area contributed by atoms with Crippen molar-refractivity contribution in [3.05, 3.63) is 29.8 Å². The van der Waals surface area contributed by atoms with E-state index in [9.17, 15) is 4.79 Å². The minimum Gasteiger partial charge on any atom is -0.444 e. The topological polar surface area (TPSA) is 50.4 Å². The number of nitrogens with one attached hydrogen (secondary N) is 2. The maximum Gasteiger partial charge on any atom is 0.407 e. The Balaban J connectivity index is 1.67. The molecule has 1 aliphatic rings.